The Kier molecular flexibility index (Phi) is 4.29. The molecule has 8 nitrogen and oxygen atoms in total. The highest BCUT2D eigenvalue weighted by molar-refractivity contribution is 5.77. The Labute approximate surface area is 197 Å². The number of aryl methyl sites for hydroxylation is 1. The third-order valence-electron chi connectivity index (χ3n) is 8.86. The van der Waals surface area contributed by atoms with Gasteiger partial charge in [0, 0.05) is 49.5 Å². The quantitative estimate of drug-likeness (QED) is 0.666. The molecule has 0 bridgehead atoms. The Hall–Kier alpha value is -2.52. The Morgan fingerprint density at radius 1 is 1.06 bits per heavy atom. The summed E-state index contributed by atoms with van der Waals surface area (Å²) in [4.78, 5) is 21.4. The van der Waals surface area contributed by atoms with Crippen LogP contribution in [-0.4, -0.2) is 66.6 Å². The summed E-state index contributed by atoms with van der Waals surface area (Å²) < 4.78 is 29.9. The van der Waals surface area contributed by atoms with Gasteiger partial charge in [-0.15, -0.1) is 0 Å². The summed E-state index contributed by atoms with van der Waals surface area (Å²) in [6, 6.07) is 2.08. The van der Waals surface area contributed by atoms with Gasteiger partial charge in [-0.3, -0.25) is 4.68 Å². The van der Waals surface area contributed by atoms with E-state index in [1.54, 1.807) is 6.92 Å². The number of likely N-dealkylation sites (tertiary alicyclic amines) is 2. The maximum atomic E-state index is 13.2. The molecule has 0 N–H and O–H groups in total. The summed E-state index contributed by atoms with van der Waals surface area (Å²) in [5.41, 5.74) is 1.13. The molecule has 3 saturated carbocycles. The van der Waals surface area contributed by atoms with Crippen molar-refractivity contribution in [2.75, 3.05) is 26.2 Å². The van der Waals surface area contributed by atoms with Crippen molar-refractivity contribution in [3.05, 3.63) is 29.6 Å². The van der Waals surface area contributed by atoms with Crippen LogP contribution in [-0.2, 0) is 6.54 Å². The molecule has 0 unspecified atom stereocenters. The molecule has 0 aromatic carbocycles. The van der Waals surface area contributed by atoms with Crippen LogP contribution in [0.4, 0.5) is 13.6 Å². The Bertz CT molecular complexity index is 1110. The summed E-state index contributed by atoms with van der Waals surface area (Å²) in [6.45, 7) is 5.62. The number of carbonyl (C=O) groups is 1. The average Bonchev–Trinajstić information content (AvgIpc) is 3.29. The minimum absolute atomic E-state index is 0.0148. The van der Waals surface area contributed by atoms with Crippen LogP contribution in [0, 0.1) is 23.7 Å². The van der Waals surface area contributed by atoms with E-state index in [4.69, 9.17) is 0 Å². The Morgan fingerprint density at radius 2 is 1.71 bits per heavy atom. The highest BCUT2D eigenvalue weighted by atomic mass is 19.3. The largest absolute Gasteiger partial charge is 0.323 e. The maximum absolute atomic E-state index is 13.2. The van der Waals surface area contributed by atoms with Gasteiger partial charge in [0.1, 0.15) is 12.0 Å². The molecule has 2 amide bonds. The number of alkyl halides is 2. The van der Waals surface area contributed by atoms with Crippen molar-refractivity contribution >= 4 is 6.03 Å². The number of amides is 2. The third-order valence-corrected chi connectivity index (χ3v) is 8.86. The third kappa shape index (κ3) is 3.27. The number of carbonyl (C=O) groups excluding carboxylic acids is 1. The van der Waals surface area contributed by atoms with Crippen LogP contribution in [0.3, 0.4) is 0 Å². The first-order valence-electron chi connectivity index (χ1n) is 12.6. The normalized spacial score (nSPS) is 25.4. The number of aromatic nitrogens is 5. The fraction of sp³-hybridized carbons (Fsp3) is 0.750. The first kappa shape index (κ1) is 20.8. The van der Waals surface area contributed by atoms with Crippen LogP contribution in [0.2, 0.25) is 0 Å². The van der Waals surface area contributed by atoms with Crippen molar-refractivity contribution in [1.82, 2.24) is 34.3 Å². The van der Waals surface area contributed by atoms with Crippen LogP contribution in [0.1, 0.15) is 74.1 Å². The van der Waals surface area contributed by atoms with Gasteiger partial charge in [-0.1, -0.05) is 0 Å². The molecule has 2 aliphatic heterocycles. The van der Waals surface area contributed by atoms with Crippen molar-refractivity contribution in [3.8, 4) is 0 Å². The second-order valence-corrected chi connectivity index (χ2v) is 11.9. The molecule has 7 rings (SSSR count). The molecule has 5 aliphatic rings. The number of rotatable bonds is 5. The zero-order valence-electron chi connectivity index (χ0n) is 19.5. The summed E-state index contributed by atoms with van der Waals surface area (Å²) in [5, 5.41) is 8.93. The molecule has 0 atom stereocenters. The van der Waals surface area contributed by atoms with Crippen molar-refractivity contribution in [2.45, 2.75) is 70.4 Å². The van der Waals surface area contributed by atoms with Gasteiger partial charge in [0.2, 0.25) is 0 Å². The minimum Gasteiger partial charge on any atom is -0.323 e. The van der Waals surface area contributed by atoms with E-state index in [1.165, 1.54) is 23.6 Å². The van der Waals surface area contributed by atoms with Crippen molar-refractivity contribution in [2.24, 2.45) is 16.7 Å². The van der Waals surface area contributed by atoms with Gasteiger partial charge >= 0.3 is 6.03 Å². The lowest BCUT2D eigenvalue weighted by molar-refractivity contribution is -0.109. The molecule has 5 fully saturated rings. The zero-order chi connectivity index (χ0) is 23.2. The zero-order valence-corrected chi connectivity index (χ0v) is 19.5. The first-order chi connectivity index (χ1) is 16.3. The highest BCUT2D eigenvalue weighted by Gasteiger charge is 2.58. The van der Waals surface area contributed by atoms with Crippen LogP contribution in [0.5, 0.6) is 0 Å². The molecular weight excluding hydrogens is 440 g/mol. The van der Waals surface area contributed by atoms with Crippen LogP contribution in [0.25, 0.3) is 0 Å². The summed E-state index contributed by atoms with van der Waals surface area (Å²) >= 11 is 0. The molecule has 0 radical (unpaired) electrons. The van der Waals surface area contributed by atoms with E-state index in [9.17, 15) is 13.6 Å². The van der Waals surface area contributed by atoms with E-state index in [0.29, 0.717) is 30.1 Å². The molecule has 2 spiro atoms. The Morgan fingerprint density at radius 3 is 2.32 bits per heavy atom. The lowest BCUT2D eigenvalue weighted by Gasteiger charge is -2.63. The van der Waals surface area contributed by atoms with E-state index < -0.39 is 6.43 Å². The fourth-order valence-electron chi connectivity index (χ4n) is 7.06. The molecule has 182 valence electrons. The van der Waals surface area contributed by atoms with E-state index in [0.717, 1.165) is 57.7 Å². The predicted molar refractivity (Wildman–Crippen MR) is 118 cm³/mol. The summed E-state index contributed by atoms with van der Waals surface area (Å²) in [5.74, 6) is 1.96. The van der Waals surface area contributed by atoms with Crippen LogP contribution in [0.15, 0.2) is 12.4 Å². The molecule has 2 saturated heterocycles. The number of hydrogen-bond donors (Lipinski definition) is 0. The van der Waals surface area contributed by atoms with Crippen molar-refractivity contribution in [3.63, 3.8) is 0 Å². The minimum atomic E-state index is -2.49. The number of hydrogen-bond acceptors (Lipinski definition) is 4. The predicted octanol–water partition coefficient (Wildman–Crippen LogP) is 3.77. The van der Waals surface area contributed by atoms with Gasteiger partial charge in [-0.25, -0.2) is 23.2 Å². The topological polar surface area (TPSA) is 72.1 Å². The molecule has 4 heterocycles. The smallest absolute Gasteiger partial charge is 0.320 e. The highest BCUT2D eigenvalue weighted by Crippen LogP contribution is 2.56. The molecular formula is C24H31F2N7O. The molecule has 2 aromatic rings. The second-order valence-electron chi connectivity index (χ2n) is 11.9. The van der Waals surface area contributed by atoms with Crippen LogP contribution < -0.4 is 0 Å². The first-order valence-corrected chi connectivity index (χ1v) is 12.6. The second kappa shape index (κ2) is 7.01. The Balaban J connectivity index is 0.858. The van der Waals surface area contributed by atoms with E-state index in [-0.39, 0.29) is 22.6 Å². The summed E-state index contributed by atoms with van der Waals surface area (Å²) in [7, 11) is 0. The number of nitrogens with zero attached hydrogens (tertiary/aromatic N) is 7. The molecule has 10 heteroatoms. The SMILES string of the molecule is Cc1cc(C(F)F)n(CC2CC3(C2)CN(C(=O)N2CC4(CC(n5cnc(C6CC6)n5)C4)C2)C3)n1. The van der Waals surface area contributed by atoms with E-state index in [2.05, 4.69) is 15.2 Å². The number of urea groups is 1. The van der Waals surface area contributed by atoms with Gasteiger partial charge in [0.05, 0.1) is 11.7 Å². The van der Waals surface area contributed by atoms with Crippen molar-refractivity contribution < 1.29 is 13.6 Å². The van der Waals surface area contributed by atoms with Gasteiger partial charge in [-0.2, -0.15) is 10.2 Å². The summed E-state index contributed by atoms with van der Waals surface area (Å²) in [6.07, 6.45) is 5.99. The maximum Gasteiger partial charge on any atom is 0.320 e. The van der Waals surface area contributed by atoms with Gasteiger partial charge in [0.15, 0.2) is 5.82 Å². The molecule has 34 heavy (non-hydrogen) atoms. The molecule has 2 aromatic heterocycles. The average molecular weight is 472 g/mol. The van der Waals surface area contributed by atoms with Gasteiger partial charge < -0.3 is 9.80 Å². The lowest BCUT2D eigenvalue weighted by atomic mass is 9.57. The lowest BCUT2D eigenvalue weighted by Crippen LogP contribution is -2.71. The van der Waals surface area contributed by atoms with Crippen molar-refractivity contribution in [1.29, 1.82) is 0 Å². The molecule has 3 aliphatic carbocycles. The van der Waals surface area contributed by atoms with Gasteiger partial charge in [0.25, 0.3) is 6.43 Å². The van der Waals surface area contributed by atoms with Crippen LogP contribution >= 0.6 is 0 Å². The number of halogens is 2. The van der Waals surface area contributed by atoms with E-state index >= 15 is 0 Å². The monoisotopic (exact) mass is 471 g/mol. The standard InChI is InChI=1S/C24H31F2N7O/c1-15-4-19(20(25)26)32(28-15)9-16-5-23(6-16)10-30(11-23)22(34)31-12-24(13-31)7-18(8-24)33-14-27-21(29-33)17-2-3-17/h4,14,16-18,20H,2-3,5-13H2,1H3. The van der Waals surface area contributed by atoms with E-state index in [1.807, 2.05) is 20.8 Å². The van der Waals surface area contributed by atoms with Gasteiger partial charge in [-0.05, 0) is 57.4 Å². The fourth-order valence-corrected chi connectivity index (χ4v) is 7.06.